The molecule has 62 heavy (non-hydrogen) atoms. The Hall–Kier alpha value is -6.18. The van der Waals surface area contributed by atoms with Crippen LogP contribution >= 0.6 is 0 Å². The first-order chi connectivity index (χ1) is 30.4. The Morgan fingerprint density at radius 2 is 1.13 bits per heavy atom. The highest BCUT2D eigenvalue weighted by atomic mass is 15.1. The Morgan fingerprint density at radius 1 is 0.484 bits per heavy atom. The van der Waals surface area contributed by atoms with Crippen molar-refractivity contribution >= 4 is 27.8 Å². The molecule has 0 heterocycles. The van der Waals surface area contributed by atoms with Gasteiger partial charge in [0.1, 0.15) is 0 Å². The second-order valence-corrected chi connectivity index (χ2v) is 20.3. The van der Waals surface area contributed by atoms with E-state index in [-0.39, 0.29) is 5.41 Å². The monoisotopic (exact) mass is 799 g/mol. The van der Waals surface area contributed by atoms with E-state index in [2.05, 4.69) is 202 Å². The third-order valence-electron chi connectivity index (χ3n) is 16.6. The van der Waals surface area contributed by atoms with Crippen LogP contribution in [0.3, 0.4) is 0 Å². The van der Waals surface area contributed by atoms with Gasteiger partial charge in [0, 0.05) is 22.4 Å². The molecule has 13 rings (SSSR count). The maximum Gasteiger partial charge on any atom is 0.0540 e. The highest BCUT2D eigenvalue weighted by molar-refractivity contribution is 6.08. The van der Waals surface area contributed by atoms with Gasteiger partial charge in [-0.15, -0.1) is 0 Å². The zero-order valence-electron chi connectivity index (χ0n) is 36.1. The summed E-state index contributed by atoms with van der Waals surface area (Å²) in [6, 6.07) is 67.0. The molecule has 302 valence electrons. The molecule has 0 N–H and O–H groups in total. The molecule has 3 saturated carbocycles. The molecule has 1 heteroatoms. The van der Waals surface area contributed by atoms with Crippen molar-refractivity contribution in [2.45, 2.75) is 64.2 Å². The standard InChI is InChI=1S/C61H53N/c1-38-32-41-33-42-36-61(35-38,37-53(41)42)59-51-22-8-7-20-46(51)50-27-13-26-49(57(50)59)45-23-12-25-48-44(45)24-14-30-55(48)62(43-19-11-18-40(34-43)39-16-5-4-6-17-39)56-31-15-28-52-47-21-9-10-29-54(47)60(2,3)58(52)56/h4-31,34,38,41-42,53,59H,32-33,35-37H2,1-3H3/t38-,41?,42+,53+,59?,61-/m0/s1. The van der Waals surface area contributed by atoms with E-state index in [4.69, 9.17) is 0 Å². The van der Waals surface area contributed by atoms with E-state index in [0.29, 0.717) is 11.3 Å². The minimum Gasteiger partial charge on any atom is -0.310 e. The van der Waals surface area contributed by atoms with Crippen LogP contribution in [0.25, 0.3) is 55.3 Å². The normalized spacial score (nSPS) is 24.4. The van der Waals surface area contributed by atoms with Crippen molar-refractivity contribution in [3.8, 4) is 44.5 Å². The van der Waals surface area contributed by atoms with Crippen LogP contribution in [0.5, 0.6) is 0 Å². The SMILES string of the molecule is C[C@H]1CC2C[C@@H]3C[C@@](C4c5ccccc5-c5cccc(-c6cccc7c(N(c8cccc(-c9ccccc9)c8)c8cccc9c8C(C)(C)c8ccccc8-9)cccc67)c54)(C1)C[C@H]23. The molecule has 8 aromatic rings. The van der Waals surface area contributed by atoms with Gasteiger partial charge in [0.05, 0.1) is 11.4 Å². The molecule has 2 unspecified atom stereocenters. The van der Waals surface area contributed by atoms with E-state index in [1.807, 2.05) is 0 Å². The van der Waals surface area contributed by atoms with E-state index in [1.54, 1.807) is 11.1 Å². The van der Waals surface area contributed by atoms with Crippen molar-refractivity contribution in [3.05, 3.63) is 198 Å². The van der Waals surface area contributed by atoms with E-state index in [0.717, 1.165) is 29.4 Å². The summed E-state index contributed by atoms with van der Waals surface area (Å²) in [5, 5.41) is 2.58. The topological polar surface area (TPSA) is 3.24 Å². The van der Waals surface area contributed by atoms with Crippen molar-refractivity contribution in [1.29, 1.82) is 0 Å². The van der Waals surface area contributed by atoms with E-state index in [1.165, 1.54) is 110 Å². The van der Waals surface area contributed by atoms with Gasteiger partial charge >= 0.3 is 0 Å². The van der Waals surface area contributed by atoms with Gasteiger partial charge in [-0.2, -0.15) is 0 Å². The largest absolute Gasteiger partial charge is 0.310 e. The molecule has 0 amide bonds. The lowest BCUT2D eigenvalue weighted by atomic mass is 9.61. The summed E-state index contributed by atoms with van der Waals surface area (Å²) in [7, 11) is 0. The molecule has 0 aliphatic heterocycles. The first-order valence-electron chi connectivity index (χ1n) is 23.3. The molecule has 0 aromatic heterocycles. The summed E-state index contributed by atoms with van der Waals surface area (Å²) < 4.78 is 0. The van der Waals surface area contributed by atoms with E-state index in [9.17, 15) is 0 Å². The number of hydrogen-bond acceptors (Lipinski definition) is 1. The summed E-state index contributed by atoms with van der Waals surface area (Å²) in [6.07, 6.45) is 7.03. The number of rotatable bonds is 6. The third-order valence-corrected chi connectivity index (χ3v) is 16.6. The van der Waals surface area contributed by atoms with Crippen LogP contribution in [-0.2, 0) is 5.41 Å². The lowest BCUT2D eigenvalue weighted by Gasteiger charge is -2.44. The molecule has 2 bridgehead atoms. The van der Waals surface area contributed by atoms with Crippen molar-refractivity contribution in [2.24, 2.45) is 29.1 Å². The molecule has 3 fully saturated rings. The zero-order valence-corrected chi connectivity index (χ0v) is 36.1. The van der Waals surface area contributed by atoms with Gasteiger partial charge in [-0.1, -0.05) is 172 Å². The van der Waals surface area contributed by atoms with Crippen LogP contribution < -0.4 is 4.90 Å². The van der Waals surface area contributed by atoms with Crippen molar-refractivity contribution in [1.82, 2.24) is 0 Å². The molecule has 1 nitrogen and oxygen atoms in total. The second-order valence-electron chi connectivity index (χ2n) is 20.3. The lowest BCUT2D eigenvalue weighted by Crippen LogP contribution is -2.34. The minimum absolute atomic E-state index is 0.184. The van der Waals surface area contributed by atoms with Crippen LogP contribution in [0.1, 0.15) is 81.0 Å². The number of anilines is 3. The average molecular weight is 800 g/mol. The second kappa shape index (κ2) is 13.4. The quantitative estimate of drug-likeness (QED) is 0.162. The molecule has 8 aromatic carbocycles. The maximum atomic E-state index is 2.58. The summed E-state index contributed by atoms with van der Waals surface area (Å²) >= 11 is 0. The molecule has 0 saturated heterocycles. The number of hydrogen-bond donors (Lipinski definition) is 0. The predicted molar refractivity (Wildman–Crippen MR) is 259 cm³/mol. The Morgan fingerprint density at radius 3 is 2.02 bits per heavy atom. The Kier molecular flexibility index (Phi) is 7.89. The first kappa shape index (κ1) is 36.5. The highest BCUT2D eigenvalue weighted by Gasteiger charge is 2.60. The van der Waals surface area contributed by atoms with Crippen LogP contribution in [0.15, 0.2) is 176 Å². The van der Waals surface area contributed by atoms with Crippen LogP contribution in [0, 0.1) is 29.1 Å². The Labute approximate surface area is 367 Å². The fourth-order valence-corrected chi connectivity index (χ4v) is 14.4. The molecule has 5 aliphatic rings. The van der Waals surface area contributed by atoms with Crippen molar-refractivity contribution < 1.29 is 0 Å². The van der Waals surface area contributed by atoms with Crippen LogP contribution in [-0.4, -0.2) is 0 Å². The maximum absolute atomic E-state index is 2.58. The third kappa shape index (κ3) is 5.15. The van der Waals surface area contributed by atoms with Crippen LogP contribution in [0.2, 0.25) is 0 Å². The van der Waals surface area contributed by atoms with E-state index >= 15 is 0 Å². The summed E-state index contributed by atoms with van der Waals surface area (Å²) in [5.41, 5.74) is 20.5. The fraction of sp³-hybridized carbons (Fsp3) is 0.246. The van der Waals surface area contributed by atoms with Crippen molar-refractivity contribution in [3.63, 3.8) is 0 Å². The molecular formula is C61H53N. The molecule has 5 aliphatic carbocycles. The minimum atomic E-state index is -0.184. The van der Waals surface area contributed by atoms with Crippen LogP contribution in [0.4, 0.5) is 17.1 Å². The molecule has 0 spiro atoms. The molecule has 6 atom stereocenters. The van der Waals surface area contributed by atoms with Crippen molar-refractivity contribution in [2.75, 3.05) is 4.90 Å². The van der Waals surface area contributed by atoms with Gasteiger partial charge in [0.2, 0.25) is 0 Å². The van der Waals surface area contributed by atoms with Gasteiger partial charge < -0.3 is 4.90 Å². The highest BCUT2D eigenvalue weighted by Crippen LogP contribution is 2.71. The number of benzene rings is 8. The van der Waals surface area contributed by atoms with Gasteiger partial charge in [-0.05, 0) is 158 Å². The van der Waals surface area contributed by atoms with E-state index < -0.39 is 0 Å². The Balaban J connectivity index is 1.03. The van der Waals surface area contributed by atoms with Gasteiger partial charge in [0.15, 0.2) is 0 Å². The smallest absolute Gasteiger partial charge is 0.0540 e. The Bertz CT molecular complexity index is 3090. The first-order valence-corrected chi connectivity index (χ1v) is 23.3. The number of fused-ring (bicyclic) bond motifs is 8. The molecule has 0 radical (unpaired) electrons. The number of nitrogens with zero attached hydrogens (tertiary/aromatic N) is 1. The average Bonchev–Trinajstić information content (AvgIpc) is 3.85. The summed E-state index contributed by atoms with van der Waals surface area (Å²) in [4.78, 5) is 2.58. The summed E-state index contributed by atoms with van der Waals surface area (Å²) in [5.74, 6) is 3.98. The summed E-state index contributed by atoms with van der Waals surface area (Å²) in [6.45, 7) is 7.39. The predicted octanol–water partition coefficient (Wildman–Crippen LogP) is 16.5. The zero-order chi connectivity index (χ0) is 41.3. The van der Waals surface area contributed by atoms with Gasteiger partial charge in [0.25, 0.3) is 0 Å². The molecular weight excluding hydrogens is 747 g/mol. The fourth-order valence-electron chi connectivity index (χ4n) is 14.4. The lowest BCUT2D eigenvalue weighted by molar-refractivity contribution is 0.0727. The van der Waals surface area contributed by atoms with Gasteiger partial charge in [-0.25, -0.2) is 0 Å². The van der Waals surface area contributed by atoms with Gasteiger partial charge in [-0.3, -0.25) is 0 Å².